The summed E-state index contributed by atoms with van der Waals surface area (Å²) in [7, 11) is 0. The Morgan fingerprint density at radius 1 is 1.21 bits per heavy atom. The van der Waals surface area contributed by atoms with E-state index in [4.69, 9.17) is 8.83 Å². The Kier molecular flexibility index (Phi) is 4.78. The monoisotopic (exact) mass is 391 g/mol. The lowest BCUT2D eigenvalue weighted by atomic mass is 10.1. The Hall–Kier alpha value is -4.01. The third-order valence-electron chi connectivity index (χ3n) is 4.15. The van der Waals surface area contributed by atoms with E-state index in [0.29, 0.717) is 11.5 Å². The number of hydrogen-bond acceptors (Lipinski definition) is 7. The molecule has 3 heterocycles. The van der Waals surface area contributed by atoms with Gasteiger partial charge in [-0.2, -0.15) is 9.90 Å². The summed E-state index contributed by atoms with van der Waals surface area (Å²) in [6.07, 6.45) is 2.64. The molecule has 1 amide bonds. The van der Waals surface area contributed by atoms with E-state index in [2.05, 4.69) is 20.5 Å². The van der Waals surface area contributed by atoms with Crippen molar-refractivity contribution in [1.82, 2.24) is 20.0 Å². The van der Waals surface area contributed by atoms with Crippen LogP contribution in [0.3, 0.4) is 0 Å². The van der Waals surface area contributed by atoms with Crippen LogP contribution in [0.15, 0.2) is 57.8 Å². The minimum absolute atomic E-state index is 0.155. The van der Waals surface area contributed by atoms with Crippen molar-refractivity contribution in [2.45, 2.75) is 20.4 Å². The van der Waals surface area contributed by atoms with Crippen molar-refractivity contribution in [2.24, 2.45) is 0 Å². The maximum Gasteiger partial charge on any atom is 0.279 e. The molecule has 0 aliphatic carbocycles. The van der Waals surface area contributed by atoms with Gasteiger partial charge in [-0.15, -0.1) is 5.10 Å². The van der Waals surface area contributed by atoms with Gasteiger partial charge in [-0.05, 0) is 25.1 Å². The number of anilines is 1. The maximum absolute atomic E-state index is 12.6. The van der Waals surface area contributed by atoms with Gasteiger partial charge in [0, 0.05) is 12.5 Å². The lowest BCUT2D eigenvalue weighted by Gasteiger charge is -2.02. The van der Waals surface area contributed by atoms with Crippen LogP contribution in [-0.4, -0.2) is 31.7 Å². The molecule has 146 valence electrons. The van der Waals surface area contributed by atoms with E-state index in [9.17, 15) is 9.59 Å². The van der Waals surface area contributed by atoms with Crippen LogP contribution in [0.25, 0.3) is 11.3 Å². The highest BCUT2D eigenvalue weighted by molar-refractivity contribution is 6.05. The highest BCUT2D eigenvalue weighted by Gasteiger charge is 2.19. The zero-order chi connectivity index (χ0) is 20.4. The fraction of sp³-hybridized carbons (Fsp3) is 0.150. The number of aromatic nitrogens is 4. The third-order valence-corrected chi connectivity index (χ3v) is 4.15. The first-order valence-electron chi connectivity index (χ1n) is 8.81. The van der Waals surface area contributed by atoms with Crippen molar-refractivity contribution >= 4 is 17.5 Å². The van der Waals surface area contributed by atoms with Gasteiger partial charge in [-0.1, -0.05) is 23.8 Å². The first kappa shape index (κ1) is 18.4. The number of carbonyl (C=O) groups is 2. The third kappa shape index (κ3) is 3.98. The number of amides is 1. The number of rotatable bonds is 6. The number of nitrogens with one attached hydrogen (secondary N) is 1. The summed E-state index contributed by atoms with van der Waals surface area (Å²) < 4.78 is 10.8. The van der Waals surface area contributed by atoms with E-state index < -0.39 is 5.91 Å². The lowest BCUT2D eigenvalue weighted by molar-refractivity contribution is 0.0983. The fourth-order valence-corrected chi connectivity index (χ4v) is 2.80. The van der Waals surface area contributed by atoms with Gasteiger partial charge in [0.1, 0.15) is 12.3 Å². The Labute approximate surface area is 165 Å². The first-order valence-corrected chi connectivity index (χ1v) is 8.81. The zero-order valence-corrected chi connectivity index (χ0v) is 15.7. The highest BCUT2D eigenvalue weighted by Crippen LogP contribution is 2.24. The molecule has 4 rings (SSSR count). The van der Waals surface area contributed by atoms with Crippen LogP contribution in [0, 0.1) is 6.92 Å². The van der Waals surface area contributed by atoms with E-state index in [1.165, 1.54) is 24.3 Å². The fourth-order valence-electron chi connectivity index (χ4n) is 2.80. The summed E-state index contributed by atoms with van der Waals surface area (Å²) in [6.45, 7) is 3.61. The number of Topliss-reactive ketones (excluding diaryl/α,β-unsaturated/α-hetero) is 1. The summed E-state index contributed by atoms with van der Waals surface area (Å²) in [5.74, 6) is 0.823. The number of ketones is 1. The molecule has 0 saturated carbocycles. The number of benzene rings is 1. The van der Waals surface area contributed by atoms with E-state index >= 15 is 0 Å². The summed E-state index contributed by atoms with van der Waals surface area (Å²) in [4.78, 5) is 29.3. The molecule has 3 aromatic heterocycles. The molecule has 0 unspecified atom stereocenters. The number of nitrogens with zero attached hydrogens (tertiary/aromatic N) is 4. The molecular formula is C20H17N5O4. The molecule has 9 heteroatoms. The van der Waals surface area contributed by atoms with Crippen molar-refractivity contribution in [1.29, 1.82) is 0 Å². The summed E-state index contributed by atoms with van der Waals surface area (Å²) in [6, 6.07) is 10.9. The van der Waals surface area contributed by atoms with E-state index in [0.717, 1.165) is 11.1 Å². The lowest BCUT2D eigenvalue weighted by Crippen LogP contribution is -2.14. The second-order valence-corrected chi connectivity index (χ2v) is 6.44. The quantitative estimate of drug-likeness (QED) is 0.501. The van der Waals surface area contributed by atoms with Crippen molar-refractivity contribution < 1.29 is 18.4 Å². The minimum Gasteiger partial charge on any atom is -0.456 e. The van der Waals surface area contributed by atoms with Crippen molar-refractivity contribution in [3.05, 3.63) is 71.8 Å². The van der Waals surface area contributed by atoms with E-state index in [-0.39, 0.29) is 29.6 Å². The average molecular weight is 391 g/mol. The van der Waals surface area contributed by atoms with Gasteiger partial charge in [0.2, 0.25) is 0 Å². The number of carbonyl (C=O) groups excluding carboxylic acids is 2. The second-order valence-electron chi connectivity index (χ2n) is 6.44. The predicted octanol–water partition coefficient (Wildman–Crippen LogP) is 3.34. The molecule has 0 aliphatic rings. The smallest absolute Gasteiger partial charge is 0.279 e. The molecule has 0 radical (unpaired) electrons. The van der Waals surface area contributed by atoms with E-state index in [1.54, 1.807) is 12.1 Å². The molecule has 4 aromatic rings. The number of oxazole rings is 1. The van der Waals surface area contributed by atoms with Gasteiger partial charge in [-0.25, -0.2) is 4.98 Å². The van der Waals surface area contributed by atoms with Crippen LogP contribution in [0.1, 0.15) is 39.3 Å². The van der Waals surface area contributed by atoms with Gasteiger partial charge in [-0.3, -0.25) is 9.59 Å². The van der Waals surface area contributed by atoms with Gasteiger partial charge in [0.25, 0.3) is 5.91 Å². The second kappa shape index (κ2) is 7.55. The average Bonchev–Trinajstić information content (AvgIpc) is 3.42. The molecule has 9 nitrogen and oxygen atoms in total. The normalized spacial score (nSPS) is 10.8. The van der Waals surface area contributed by atoms with Crippen LogP contribution in [0.2, 0.25) is 0 Å². The van der Waals surface area contributed by atoms with Gasteiger partial charge < -0.3 is 14.2 Å². The molecule has 0 saturated heterocycles. The minimum atomic E-state index is -0.459. The molecule has 0 spiro atoms. The van der Waals surface area contributed by atoms with Crippen molar-refractivity contribution in [3.8, 4) is 11.3 Å². The van der Waals surface area contributed by atoms with Crippen LogP contribution in [0.4, 0.5) is 5.82 Å². The predicted molar refractivity (Wildman–Crippen MR) is 102 cm³/mol. The zero-order valence-electron chi connectivity index (χ0n) is 15.7. The van der Waals surface area contributed by atoms with Crippen LogP contribution in [0.5, 0.6) is 0 Å². The highest BCUT2D eigenvalue weighted by atomic mass is 16.4. The largest absolute Gasteiger partial charge is 0.456 e. The Morgan fingerprint density at radius 2 is 2.07 bits per heavy atom. The number of hydrogen-bond donors (Lipinski definition) is 1. The molecule has 0 atom stereocenters. The molecule has 1 N–H and O–H groups in total. The van der Waals surface area contributed by atoms with Crippen molar-refractivity contribution in [3.63, 3.8) is 0 Å². The SMILES string of the molecule is CC(=O)c1ccc(Cn2ncc(NC(=O)c3ncoc3-c3cccc(C)c3)n2)o1. The number of furan rings is 1. The van der Waals surface area contributed by atoms with Gasteiger partial charge in [0.15, 0.2) is 35.2 Å². The van der Waals surface area contributed by atoms with E-state index in [1.807, 2.05) is 31.2 Å². The molecule has 0 fully saturated rings. The summed E-state index contributed by atoms with van der Waals surface area (Å²) in [5, 5.41) is 10.9. The topological polar surface area (TPSA) is 116 Å². The van der Waals surface area contributed by atoms with Crippen LogP contribution < -0.4 is 5.32 Å². The van der Waals surface area contributed by atoms with Crippen LogP contribution >= 0.6 is 0 Å². The Morgan fingerprint density at radius 3 is 2.83 bits per heavy atom. The summed E-state index contributed by atoms with van der Waals surface area (Å²) in [5.41, 5.74) is 1.96. The number of aryl methyl sites for hydroxylation is 1. The molecule has 0 bridgehead atoms. The van der Waals surface area contributed by atoms with Gasteiger partial charge >= 0.3 is 0 Å². The Balaban J connectivity index is 1.47. The Bertz CT molecular complexity index is 1190. The standard InChI is InChI=1S/C20H17N5O4/c1-12-4-3-5-14(8-12)19-18(21-11-28-19)20(27)23-17-9-22-25(24-17)10-15-6-7-16(29-15)13(2)26/h3-9,11H,10H2,1-2H3,(H,23,24,27). The van der Waals surface area contributed by atoms with Gasteiger partial charge in [0.05, 0.1) is 6.20 Å². The molecule has 1 aromatic carbocycles. The molecule has 0 aliphatic heterocycles. The van der Waals surface area contributed by atoms with Crippen LogP contribution in [-0.2, 0) is 6.54 Å². The summed E-state index contributed by atoms with van der Waals surface area (Å²) >= 11 is 0. The van der Waals surface area contributed by atoms with Crippen molar-refractivity contribution in [2.75, 3.05) is 5.32 Å². The molecular weight excluding hydrogens is 374 g/mol. The first-order chi connectivity index (χ1) is 14.0. The molecule has 29 heavy (non-hydrogen) atoms. The maximum atomic E-state index is 12.6.